The van der Waals surface area contributed by atoms with E-state index in [1.165, 1.54) is 4.90 Å². The summed E-state index contributed by atoms with van der Waals surface area (Å²) in [4.78, 5) is 25.8. The molecule has 0 unspecified atom stereocenters. The number of hydrogen-bond acceptors (Lipinski definition) is 9. The third-order valence-electron chi connectivity index (χ3n) is 5.99. The molecular weight excluding hydrogens is 458 g/mol. The van der Waals surface area contributed by atoms with Gasteiger partial charge in [0.1, 0.15) is 11.6 Å². The Kier molecular flexibility index (Phi) is 6.26. The van der Waals surface area contributed by atoms with E-state index in [1.807, 2.05) is 20.8 Å². The van der Waals surface area contributed by atoms with E-state index < -0.39 is 40.2 Å². The van der Waals surface area contributed by atoms with Crippen LogP contribution in [0.1, 0.15) is 70.7 Å². The number of aromatic nitrogens is 2. The lowest BCUT2D eigenvalue weighted by Crippen LogP contribution is -2.46. The highest BCUT2D eigenvalue weighted by Crippen LogP contribution is 2.38. The van der Waals surface area contributed by atoms with Crippen LogP contribution in [0.4, 0.5) is 9.59 Å². The van der Waals surface area contributed by atoms with Crippen LogP contribution in [0.2, 0.25) is 0 Å². The zero-order valence-electron chi connectivity index (χ0n) is 18.8. The highest BCUT2D eigenvalue weighted by molar-refractivity contribution is 7.80. The van der Waals surface area contributed by atoms with Crippen LogP contribution in [0, 0.1) is 5.92 Å². The summed E-state index contributed by atoms with van der Waals surface area (Å²) in [6.07, 6.45) is 3.70. The Labute approximate surface area is 191 Å². The van der Waals surface area contributed by atoms with Gasteiger partial charge in [0.05, 0.1) is 6.04 Å². The van der Waals surface area contributed by atoms with E-state index in [-0.39, 0.29) is 12.6 Å². The predicted molar refractivity (Wildman–Crippen MR) is 111 cm³/mol. The second-order valence-corrected chi connectivity index (χ2v) is 10.8. The van der Waals surface area contributed by atoms with Gasteiger partial charge in [-0.1, -0.05) is 0 Å². The minimum absolute atomic E-state index is 0.104. The standard InChI is InChI=1S/C19H29N5O8S/c1-19(2,3)31-17(25)20-12-8-11(9-12)4-7-15-21-22-16(30-15)14-6-5-13-10-23(14)18(26)24(13)32-33(27,28)29/h11-14H,4-10H2,1-3H3,(H,20,25)(H,27,28,29)/t11-,12-,13-,14-/m0/s1. The topological polar surface area (TPSA) is 164 Å². The van der Waals surface area contributed by atoms with Crippen molar-refractivity contribution in [2.45, 2.75) is 83.0 Å². The number of hydrogen-bond donors (Lipinski definition) is 2. The van der Waals surface area contributed by atoms with Crippen LogP contribution >= 0.6 is 0 Å². The van der Waals surface area contributed by atoms with Gasteiger partial charge in [-0.2, -0.15) is 13.5 Å². The molecule has 3 heterocycles. The minimum atomic E-state index is -4.79. The van der Waals surface area contributed by atoms with E-state index in [4.69, 9.17) is 13.7 Å². The van der Waals surface area contributed by atoms with Gasteiger partial charge in [0, 0.05) is 19.0 Å². The smallest absolute Gasteiger partial charge is 0.418 e. The Morgan fingerprint density at radius 2 is 2.00 bits per heavy atom. The summed E-state index contributed by atoms with van der Waals surface area (Å²) in [7, 11) is -4.79. The number of carbonyl (C=O) groups excluding carboxylic acids is 2. The number of nitrogens with one attached hydrogen (secondary N) is 1. The molecule has 2 atom stereocenters. The van der Waals surface area contributed by atoms with Crippen LogP contribution < -0.4 is 5.32 Å². The quantitative estimate of drug-likeness (QED) is 0.543. The van der Waals surface area contributed by atoms with Crippen LogP contribution in [0.15, 0.2) is 4.42 Å². The Balaban J connectivity index is 1.24. The molecule has 3 aliphatic rings. The summed E-state index contributed by atoms with van der Waals surface area (Å²) < 4.78 is 46.4. The molecule has 1 saturated carbocycles. The minimum Gasteiger partial charge on any atom is -0.444 e. The molecule has 2 bridgehead atoms. The van der Waals surface area contributed by atoms with Crippen LogP contribution in [0.5, 0.6) is 0 Å². The van der Waals surface area contributed by atoms with Gasteiger partial charge in [-0.05, 0) is 58.8 Å². The van der Waals surface area contributed by atoms with Crippen molar-refractivity contribution in [2.24, 2.45) is 5.92 Å². The van der Waals surface area contributed by atoms with E-state index in [1.54, 1.807) is 0 Å². The maximum Gasteiger partial charge on any atom is 0.418 e. The first kappa shape index (κ1) is 23.7. The molecule has 0 spiro atoms. The second kappa shape index (κ2) is 8.72. The van der Waals surface area contributed by atoms with E-state index in [2.05, 4.69) is 19.8 Å². The molecule has 14 heteroatoms. The van der Waals surface area contributed by atoms with E-state index in [0.29, 0.717) is 42.0 Å². The lowest BCUT2D eigenvalue weighted by molar-refractivity contribution is -0.0317. The summed E-state index contributed by atoms with van der Waals surface area (Å²) in [6, 6.07) is -1.51. The number of rotatable bonds is 7. The van der Waals surface area contributed by atoms with Gasteiger partial charge in [-0.25, -0.2) is 9.59 Å². The number of alkyl carbamates (subject to hydrolysis) is 1. The van der Waals surface area contributed by atoms with Crippen LogP contribution in [-0.2, 0) is 25.8 Å². The molecule has 2 aliphatic heterocycles. The summed E-state index contributed by atoms with van der Waals surface area (Å²) in [5.74, 6) is 1.19. The highest BCUT2D eigenvalue weighted by atomic mass is 32.3. The van der Waals surface area contributed by atoms with Gasteiger partial charge in [0.25, 0.3) is 0 Å². The second-order valence-electron chi connectivity index (χ2n) is 9.76. The average molecular weight is 488 g/mol. The molecule has 184 valence electrons. The number of piperidine rings is 1. The number of fused-ring (bicyclic) bond motifs is 2. The maximum atomic E-state index is 12.5. The fourth-order valence-electron chi connectivity index (χ4n) is 4.48. The van der Waals surface area contributed by atoms with Crippen molar-refractivity contribution in [2.75, 3.05) is 6.54 Å². The van der Waals surface area contributed by atoms with Gasteiger partial charge in [-0.15, -0.1) is 14.5 Å². The Morgan fingerprint density at radius 3 is 2.67 bits per heavy atom. The van der Waals surface area contributed by atoms with Gasteiger partial charge < -0.3 is 19.4 Å². The van der Waals surface area contributed by atoms with Crippen LogP contribution in [0.3, 0.4) is 0 Å². The number of ether oxygens (including phenoxy) is 1. The molecule has 2 N–H and O–H groups in total. The molecule has 0 aromatic carbocycles. The van der Waals surface area contributed by atoms with E-state index in [9.17, 15) is 18.0 Å². The zero-order valence-corrected chi connectivity index (χ0v) is 19.6. The normalized spacial score (nSPS) is 27.5. The predicted octanol–water partition coefficient (Wildman–Crippen LogP) is 1.98. The molecule has 1 aliphatic carbocycles. The number of aryl methyl sites for hydroxylation is 1. The van der Waals surface area contributed by atoms with Gasteiger partial charge >= 0.3 is 22.5 Å². The molecule has 33 heavy (non-hydrogen) atoms. The maximum absolute atomic E-state index is 12.5. The molecule has 2 saturated heterocycles. The van der Waals surface area contributed by atoms with Crippen molar-refractivity contribution >= 4 is 22.5 Å². The third kappa shape index (κ3) is 5.73. The lowest BCUT2D eigenvalue weighted by Gasteiger charge is -2.36. The molecule has 13 nitrogen and oxygen atoms in total. The number of amides is 3. The number of hydroxylamine groups is 2. The average Bonchev–Trinajstić information content (AvgIpc) is 3.21. The highest BCUT2D eigenvalue weighted by Gasteiger charge is 2.49. The fraction of sp³-hybridized carbons (Fsp3) is 0.789. The fourth-order valence-corrected chi connectivity index (χ4v) is 4.87. The summed E-state index contributed by atoms with van der Waals surface area (Å²) in [6.45, 7) is 5.71. The molecule has 0 radical (unpaired) electrons. The lowest BCUT2D eigenvalue weighted by atomic mass is 9.77. The van der Waals surface area contributed by atoms with E-state index >= 15 is 0 Å². The molecule has 3 fully saturated rings. The third-order valence-corrected chi connectivity index (χ3v) is 6.34. The van der Waals surface area contributed by atoms with Crippen molar-refractivity contribution in [3.63, 3.8) is 0 Å². The van der Waals surface area contributed by atoms with E-state index in [0.717, 1.165) is 19.3 Å². The Hall–Kier alpha value is -2.45. The van der Waals surface area contributed by atoms with Crippen molar-refractivity contribution in [3.05, 3.63) is 11.8 Å². The number of nitrogens with zero attached hydrogens (tertiary/aromatic N) is 4. The van der Waals surface area contributed by atoms with Gasteiger partial charge in [0.15, 0.2) is 0 Å². The Bertz CT molecular complexity index is 1000. The summed E-state index contributed by atoms with van der Waals surface area (Å²) in [5, 5.41) is 11.7. The monoisotopic (exact) mass is 487 g/mol. The van der Waals surface area contributed by atoms with Crippen LogP contribution in [-0.4, -0.2) is 69.5 Å². The van der Waals surface area contributed by atoms with Crippen molar-refractivity contribution in [3.8, 4) is 0 Å². The molecule has 1 aromatic rings. The number of carbonyl (C=O) groups is 2. The Morgan fingerprint density at radius 1 is 1.27 bits per heavy atom. The zero-order chi connectivity index (χ0) is 24.0. The van der Waals surface area contributed by atoms with Crippen molar-refractivity contribution < 1.29 is 36.0 Å². The van der Waals surface area contributed by atoms with Crippen molar-refractivity contribution in [1.82, 2.24) is 25.5 Å². The molecule has 3 amide bonds. The van der Waals surface area contributed by atoms with Crippen molar-refractivity contribution in [1.29, 1.82) is 0 Å². The largest absolute Gasteiger partial charge is 0.444 e. The number of urea groups is 1. The van der Waals surface area contributed by atoms with Gasteiger partial charge in [0.2, 0.25) is 11.8 Å². The first-order valence-corrected chi connectivity index (χ1v) is 12.3. The molecule has 1 aromatic heterocycles. The van der Waals surface area contributed by atoms with Gasteiger partial charge in [-0.3, -0.25) is 4.55 Å². The summed E-state index contributed by atoms with van der Waals surface area (Å²) in [5.41, 5.74) is -0.524. The summed E-state index contributed by atoms with van der Waals surface area (Å²) >= 11 is 0. The first-order valence-electron chi connectivity index (χ1n) is 11.0. The SMILES string of the molecule is CC(C)(C)OC(=O)N[C@H]1C[C@H](CCc2nnc([C@@H]3CC[C@H]4CN3C(=O)N4OS(=O)(=O)O)o2)C1. The molecular formula is C19H29N5O8S. The molecule has 4 rings (SSSR count). The first-order chi connectivity index (χ1) is 15.4. The van der Waals surface area contributed by atoms with Crippen LogP contribution in [0.25, 0.3) is 0 Å².